The summed E-state index contributed by atoms with van der Waals surface area (Å²) in [6.45, 7) is 6.04. The molecule has 2 rings (SSSR count). The van der Waals surface area contributed by atoms with E-state index in [1.807, 2.05) is 31.2 Å². The summed E-state index contributed by atoms with van der Waals surface area (Å²) in [5.41, 5.74) is 5.44. The minimum absolute atomic E-state index is 0.0277. The summed E-state index contributed by atoms with van der Waals surface area (Å²) in [7, 11) is 0. The van der Waals surface area contributed by atoms with Crippen LogP contribution in [0, 0.1) is 13.8 Å². The number of hydrogen-bond donors (Lipinski definition) is 2. The van der Waals surface area contributed by atoms with Crippen molar-refractivity contribution in [3.05, 3.63) is 53.6 Å². The molecule has 3 heteroatoms. The number of amides is 1. The molecule has 2 aromatic rings. The Balaban J connectivity index is 2.06. The molecule has 1 amide bonds. The molecular formula is C17H20N2O. The van der Waals surface area contributed by atoms with E-state index >= 15 is 0 Å². The lowest BCUT2D eigenvalue weighted by molar-refractivity contribution is -0.115. The maximum absolute atomic E-state index is 11.3. The van der Waals surface area contributed by atoms with Crippen LogP contribution in [0.3, 0.4) is 0 Å². The Morgan fingerprint density at radius 3 is 2.10 bits per heavy atom. The smallest absolute Gasteiger partial charge is 0.224 e. The van der Waals surface area contributed by atoms with E-state index in [2.05, 4.69) is 42.7 Å². The van der Waals surface area contributed by atoms with E-state index in [9.17, 15) is 4.79 Å². The van der Waals surface area contributed by atoms with Gasteiger partial charge in [-0.3, -0.25) is 4.79 Å². The number of rotatable bonds is 4. The van der Waals surface area contributed by atoms with Crippen LogP contribution < -0.4 is 10.6 Å². The zero-order valence-electron chi connectivity index (χ0n) is 12.2. The third kappa shape index (κ3) is 3.60. The van der Waals surface area contributed by atoms with Crippen LogP contribution >= 0.6 is 0 Å². The van der Waals surface area contributed by atoms with Gasteiger partial charge in [0.1, 0.15) is 0 Å². The minimum atomic E-state index is 0.0277. The van der Waals surface area contributed by atoms with Crippen LogP contribution in [0.1, 0.15) is 24.5 Å². The molecule has 0 aliphatic heterocycles. The van der Waals surface area contributed by atoms with Crippen molar-refractivity contribution in [2.75, 3.05) is 10.6 Å². The predicted molar refractivity (Wildman–Crippen MR) is 84.6 cm³/mol. The molecule has 0 atom stereocenters. The van der Waals surface area contributed by atoms with Gasteiger partial charge >= 0.3 is 0 Å². The van der Waals surface area contributed by atoms with Crippen molar-refractivity contribution >= 4 is 23.0 Å². The first-order valence-corrected chi connectivity index (χ1v) is 6.82. The van der Waals surface area contributed by atoms with Crippen LogP contribution in [0.25, 0.3) is 0 Å². The van der Waals surface area contributed by atoms with Gasteiger partial charge in [-0.2, -0.15) is 0 Å². The number of benzene rings is 2. The highest BCUT2D eigenvalue weighted by atomic mass is 16.1. The molecule has 0 heterocycles. The van der Waals surface area contributed by atoms with Gasteiger partial charge in [0.05, 0.1) is 0 Å². The van der Waals surface area contributed by atoms with Crippen molar-refractivity contribution in [3.8, 4) is 0 Å². The summed E-state index contributed by atoms with van der Waals surface area (Å²) >= 11 is 0. The first kappa shape index (κ1) is 14.1. The monoisotopic (exact) mass is 268 g/mol. The summed E-state index contributed by atoms with van der Waals surface area (Å²) < 4.78 is 0. The normalized spacial score (nSPS) is 10.2. The van der Waals surface area contributed by atoms with Crippen molar-refractivity contribution in [2.45, 2.75) is 27.2 Å². The van der Waals surface area contributed by atoms with E-state index in [0.29, 0.717) is 6.42 Å². The molecule has 0 bridgehead atoms. The third-order valence-electron chi connectivity index (χ3n) is 3.29. The van der Waals surface area contributed by atoms with E-state index < -0.39 is 0 Å². The van der Waals surface area contributed by atoms with Crippen molar-refractivity contribution < 1.29 is 4.79 Å². The number of hydrogen-bond acceptors (Lipinski definition) is 2. The second-order valence-corrected chi connectivity index (χ2v) is 4.90. The maximum Gasteiger partial charge on any atom is 0.224 e. The Morgan fingerprint density at radius 2 is 1.50 bits per heavy atom. The molecule has 0 fully saturated rings. The fourth-order valence-electron chi connectivity index (χ4n) is 1.87. The SMILES string of the molecule is CCC(=O)Nc1ccc(Nc2ccc(C)c(C)c2)cc1. The molecule has 20 heavy (non-hydrogen) atoms. The summed E-state index contributed by atoms with van der Waals surface area (Å²) in [5, 5.41) is 6.19. The van der Waals surface area contributed by atoms with Crippen LogP contribution in [0.5, 0.6) is 0 Å². The fourth-order valence-corrected chi connectivity index (χ4v) is 1.87. The van der Waals surface area contributed by atoms with E-state index in [-0.39, 0.29) is 5.91 Å². The number of nitrogens with one attached hydrogen (secondary N) is 2. The molecule has 0 unspecified atom stereocenters. The Kier molecular flexibility index (Phi) is 4.41. The fraction of sp³-hybridized carbons (Fsp3) is 0.235. The number of anilines is 3. The molecule has 2 aromatic carbocycles. The van der Waals surface area contributed by atoms with Gasteiger partial charge in [-0.05, 0) is 61.4 Å². The molecule has 2 N–H and O–H groups in total. The molecule has 0 aliphatic rings. The van der Waals surface area contributed by atoms with Crippen molar-refractivity contribution in [1.82, 2.24) is 0 Å². The lowest BCUT2D eigenvalue weighted by Crippen LogP contribution is -2.09. The zero-order valence-corrected chi connectivity index (χ0v) is 12.2. The van der Waals surface area contributed by atoms with E-state index in [0.717, 1.165) is 17.1 Å². The number of aryl methyl sites for hydroxylation is 2. The van der Waals surface area contributed by atoms with Crippen molar-refractivity contribution in [3.63, 3.8) is 0 Å². The second kappa shape index (κ2) is 6.24. The standard InChI is InChI=1S/C17H20N2O/c1-4-17(20)19-15-9-7-14(8-10-15)18-16-6-5-12(2)13(3)11-16/h5-11,18H,4H2,1-3H3,(H,19,20). The van der Waals surface area contributed by atoms with Crippen LogP contribution in [-0.2, 0) is 4.79 Å². The lowest BCUT2D eigenvalue weighted by Gasteiger charge is -2.10. The average Bonchev–Trinajstić information content (AvgIpc) is 2.45. The van der Waals surface area contributed by atoms with Crippen LogP contribution in [-0.4, -0.2) is 5.91 Å². The highest BCUT2D eigenvalue weighted by Crippen LogP contribution is 2.21. The highest BCUT2D eigenvalue weighted by molar-refractivity contribution is 5.90. The van der Waals surface area contributed by atoms with Gasteiger partial charge in [-0.25, -0.2) is 0 Å². The average molecular weight is 268 g/mol. The van der Waals surface area contributed by atoms with Gasteiger partial charge < -0.3 is 10.6 Å². The molecule has 0 aliphatic carbocycles. The van der Waals surface area contributed by atoms with Gasteiger partial charge in [0.15, 0.2) is 0 Å². The van der Waals surface area contributed by atoms with Crippen molar-refractivity contribution in [1.29, 1.82) is 0 Å². The highest BCUT2D eigenvalue weighted by Gasteiger charge is 2.00. The molecule has 0 saturated carbocycles. The molecule has 104 valence electrons. The molecule has 0 aromatic heterocycles. The lowest BCUT2D eigenvalue weighted by atomic mass is 10.1. The molecule has 0 saturated heterocycles. The number of carbonyl (C=O) groups is 1. The van der Waals surface area contributed by atoms with Crippen LogP contribution in [0.4, 0.5) is 17.1 Å². The Morgan fingerprint density at radius 1 is 0.900 bits per heavy atom. The second-order valence-electron chi connectivity index (χ2n) is 4.90. The Hall–Kier alpha value is -2.29. The Bertz CT molecular complexity index is 603. The first-order chi connectivity index (χ1) is 9.58. The number of carbonyl (C=O) groups excluding carboxylic acids is 1. The third-order valence-corrected chi connectivity index (χ3v) is 3.29. The van der Waals surface area contributed by atoms with Crippen LogP contribution in [0.15, 0.2) is 42.5 Å². The van der Waals surface area contributed by atoms with Crippen LogP contribution in [0.2, 0.25) is 0 Å². The molecule has 0 spiro atoms. The minimum Gasteiger partial charge on any atom is -0.356 e. The van der Waals surface area contributed by atoms with Gasteiger partial charge in [0, 0.05) is 23.5 Å². The van der Waals surface area contributed by atoms with Gasteiger partial charge in [0.2, 0.25) is 5.91 Å². The quantitative estimate of drug-likeness (QED) is 0.863. The van der Waals surface area contributed by atoms with E-state index in [1.165, 1.54) is 11.1 Å². The largest absolute Gasteiger partial charge is 0.356 e. The summed E-state index contributed by atoms with van der Waals surface area (Å²) in [6.07, 6.45) is 0.489. The first-order valence-electron chi connectivity index (χ1n) is 6.82. The molecule has 3 nitrogen and oxygen atoms in total. The van der Waals surface area contributed by atoms with Gasteiger partial charge in [0.25, 0.3) is 0 Å². The molecule has 0 radical (unpaired) electrons. The van der Waals surface area contributed by atoms with E-state index in [4.69, 9.17) is 0 Å². The summed E-state index contributed by atoms with van der Waals surface area (Å²) in [5.74, 6) is 0.0277. The topological polar surface area (TPSA) is 41.1 Å². The predicted octanol–water partition coefficient (Wildman–Crippen LogP) is 4.40. The summed E-state index contributed by atoms with van der Waals surface area (Å²) in [4.78, 5) is 11.3. The molecular weight excluding hydrogens is 248 g/mol. The van der Waals surface area contributed by atoms with Gasteiger partial charge in [-0.15, -0.1) is 0 Å². The maximum atomic E-state index is 11.3. The zero-order chi connectivity index (χ0) is 14.5. The van der Waals surface area contributed by atoms with E-state index in [1.54, 1.807) is 0 Å². The van der Waals surface area contributed by atoms with Crippen molar-refractivity contribution in [2.24, 2.45) is 0 Å². The Labute approximate surface area is 120 Å². The van der Waals surface area contributed by atoms with Gasteiger partial charge in [-0.1, -0.05) is 13.0 Å². The summed E-state index contributed by atoms with van der Waals surface area (Å²) in [6, 6.07) is 14.0.